The Labute approximate surface area is 106 Å². The van der Waals surface area contributed by atoms with Crippen LogP contribution in [0.15, 0.2) is 18.2 Å². The van der Waals surface area contributed by atoms with E-state index in [1.54, 1.807) is 11.0 Å². The van der Waals surface area contributed by atoms with Crippen LogP contribution in [0.4, 0.5) is 4.39 Å². The monoisotopic (exact) mass is 248 g/mol. The minimum absolute atomic E-state index is 0.0332. The molecule has 4 heteroatoms. The van der Waals surface area contributed by atoms with Crippen molar-refractivity contribution in [2.24, 2.45) is 0 Å². The molecule has 0 saturated carbocycles. The lowest BCUT2D eigenvalue weighted by atomic mass is 10.1. The normalized spacial score (nSPS) is 10.9. The molecule has 0 saturated heterocycles. The van der Waals surface area contributed by atoms with Crippen molar-refractivity contribution < 1.29 is 9.18 Å². The SMILES string of the molecule is CCN(CC)C(=O)c1[nH]c2ccc(F)cc2c1C. The lowest BCUT2D eigenvalue weighted by molar-refractivity contribution is 0.0767. The zero-order valence-electron chi connectivity index (χ0n) is 10.9. The van der Waals surface area contributed by atoms with Gasteiger partial charge in [0, 0.05) is 24.0 Å². The summed E-state index contributed by atoms with van der Waals surface area (Å²) in [5.41, 5.74) is 2.16. The topological polar surface area (TPSA) is 36.1 Å². The summed E-state index contributed by atoms with van der Waals surface area (Å²) >= 11 is 0. The molecule has 0 aliphatic carbocycles. The number of carbonyl (C=O) groups is 1. The lowest BCUT2D eigenvalue weighted by Crippen LogP contribution is -2.31. The van der Waals surface area contributed by atoms with E-state index in [2.05, 4.69) is 4.98 Å². The van der Waals surface area contributed by atoms with Crippen LogP contribution in [0.1, 0.15) is 29.9 Å². The van der Waals surface area contributed by atoms with Crippen molar-refractivity contribution in [3.8, 4) is 0 Å². The number of fused-ring (bicyclic) bond motifs is 1. The predicted octanol–water partition coefficient (Wildman–Crippen LogP) is 3.10. The summed E-state index contributed by atoms with van der Waals surface area (Å²) in [6.45, 7) is 7.06. The summed E-state index contributed by atoms with van der Waals surface area (Å²) < 4.78 is 13.2. The highest BCUT2D eigenvalue weighted by Gasteiger charge is 2.18. The first kappa shape index (κ1) is 12.6. The van der Waals surface area contributed by atoms with Crippen LogP contribution in [0.3, 0.4) is 0 Å². The van der Waals surface area contributed by atoms with Gasteiger partial charge in [0.1, 0.15) is 11.5 Å². The molecule has 1 amide bonds. The van der Waals surface area contributed by atoms with E-state index in [4.69, 9.17) is 0 Å². The molecule has 2 aromatic rings. The molecule has 0 atom stereocenters. The highest BCUT2D eigenvalue weighted by Crippen LogP contribution is 2.23. The van der Waals surface area contributed by atoms with Crippen LogP contribution in [0, 0.1) is 12.7 Å². The Balaban J connectivity index is 2.52. The molecule has 0 radical (unpaired) electrons. The van der Waals surface area contributed by atoms with Gasteiger partial charge in [-0.15, -0.1) is 0 Å². The second-order valence-corrected chi connectivity index (χ2v) is 4.29. The number of nitrogens with zero attached hydrogens (tertiary/aromatic N) is 1. The maximum Gasteiger partial charge on any atom is 0.270 e. The van der Waals surface area contributed by atoms with Gasteiger partial charge in [-0.05, 0) is 44.5 Å². The number of nitrogens with one attached hydrogen (secondary N) is 1. The fraction of sp³-hybridized carbons (Fsp3) is 0.357. The van der Waals surface area contributed by atoms with E-state index in [0.29, 0.717) is 18.8 Å². The lowest BCUT2D eigenvalue weighted by Gasteiger charge is -2.18. The second kappa shape index (κ2) is 4.80. The molecule has 96 valence electrons. The van der Waals surface area contributed by atoms with E-state index < -0.39 is 0 Å². The van der Waals surface area contributed by atoms with E-state index in [1.807, 2.05) is 20.8 Å². The van der Waals surface area contributed by atoms with E-state index in [1.165, 1.54) is 12.1 Å². The van der Waals surface area contributed by atoms with Crippen molar-refractivity contribution in [1.29, 1.82) is 0 Å². The summed E-state index contributed by atoms with van der Waals surface area (Å²) in [7, 11) is 0. The first-order chi connectivity index (χ1) is 8.58. The van der Waals surface area contributed by atoms with Gasteiger partial charge in [-0.25, -0.2) is 4.39 Å². The Hall–Kier alpha value is -1.84. The van der Waals surface area contributed by atoms with E-state index in [0.717, 1.165) is 16.5 Å². The molecule has 1 aromatic carbocycles. The van der Waals surface area contributed by atoms with Crippen LogP contribution in [0.25, 0.3) is 10.9 Å². The summed E-state index contributed by atoms with van der Waals surface area (Å²) in [5.74, 6) is -0.319. The van der Waals surface area contributed by atoms with Gasteiger partial charge >= 0.3 is 0 Å². The third-order valence-electron chi connectivity index (χ3n) is 3.28. The minimum Gasteiger partial charge on any atom is -0.350 e. The Morgan fingerprint density at radius 1 is 1.33 bits per heavy atom. The molecule has 1 heterocycles. The Morgan fingerprint density at radius 3 is 2.61 bits per heavy atom. The molecular weight excluding hydrogens is 231 g/mol. The van der Waals surface area contributed by atoms with Crippen LogP contribution >= 0.6 is 0 Å². The number of halogens is 1. The quantitative estimate of drug-likeness (QED) is 0.890. The first-order valence-corrected chi connectivity index (χ1v) is 6.15. The number of H-pyrrole nitrogens is 1. The predicted molar refractivity (Wildman–Crippen MR) is 70.2 cm³/mol. The number of rotatable bonds is 3. The molecule has 0 spiro atoms. The summed E-state index contributed by atoms with van der Waals surface area (Å²) in [5, 5.41) is 0.769. The number of hydrogen-bond acceptors (Lipinski definition) is 1. The van der Waals surface area contributed by atoms with Crippen LogP contribution in [-0.2, 0) is 0 Å². The maximum absolute atomic E-state index is 13.2. The van der Waals surface area contributed by atoms with Gasteiger partial charge < -0.3 is 9.88 Å². The number of benzene rings is 1. The third kappa shape index (κ3) is 1.98. The largest absolute Gasteiger partial charge is 0.350 e. The zero-order chi connectivity index (χ0) is 13.3. The average Bonchev–Trinajstić information content (AvgIpc) is 2.68. The van der Waals surface area contributed by atoms with Crippen LogP contribution in [-0.4, -0.2) is 28.9 Å². The van der Waals surface area contributed by atoms with Crippen LogP contribution < -0.4 is 0 Å². The van der Waals surface area contributed by atoms with Gasteiger partial charge in [-0.1, -0.05) is 0 Å². The number of aromatic nitrogens is 1. The van der Waals surface area contributed by atoms with Crippen molar-refractivity contribution in [1.82, 2.24) is 9.88 Å². The zero-order valence-corrected chi connectivity index (χ0v) is 10.9. The van der Waals surface area contributed by atoms with Gasteiger partial charge in [0.2, 0.25) is 0 Å². The first-order valence-electron chi connectivity index (χ1n) is 6.15. The number of hydrogen-bond donors (Lipinski definition) is 1. The second-order valence-electron chi connectivity index (χ2n) is 4.29. The fourth-order valence-corrected chi connectivity index (χ4v) is 2.18. The van der Waals surface area contributed by atoms with Crippen LogP contribution in [0.5, 0.6) is 0 Å². The summed E-state index contributed by atoms with van der Waals surface area (Å²) in [6, 6.07) is 4.51. The van der Waals surface area contributed by atoms with Crippen LogP contribution in [0.2, 0.25) is 0 Å². The van der Waals surface area contributed by atoms with E-state index in [-0.39, 0.29) is 11.7 Å². The number of aromatic amines is 1. The molecule has 18 heavy (non-hydrogen) atoms. The summed E-state index contributed by atoms with van der Waals surface area (Å²) in [6.07, 6.45) is 0. The highest BCUT2D eigenvalue weighted by atomic mass is 19.1. The maximum atomic E-state index is 13.2. The highest BCUT2D eigenvalue weighted by molar-refractivity contribution is 6.00. The van der Waals surface area contributed by atoms with E-state index >= 15 is 0 Å². The minimum atomic E-state index is -0.286. The smallest absolute Gasteiger partial charge is 0.270 e. The molecule has 1 aromatic heterocycles. The van der Waals surface area contributed by atoms with Gasteiger partial charge in [-0.3, -0.25) is 4.79 Å². The Bertz CT molecular complexity index is 585. The van der Waals surface area contributed by atoms with Crippen molar-refractivity contribution in [2.75, 3.05) is 13.1 Å². The molecule has 2 rings (SSSR count). The molecule has 3 nitrogen and oxygen atoms in total. The van der Waals surface area contributed by atoms with Gasteiger partial charge in [0.25, 0.3) is 5.91 Å². The third-order valence-corrected chi connectivity index (χ3v) is 3.28. The molecule has 0 unspecified atom stereocenters. The van der Waals surface area contributed by atoms with Crippen molar-refractivity contribution in [3.63, 3.8) is 0 Å². The molecule has 1 N–H and O–H groups in total. The molecule has 0 aliphatic rings. The molecule has 0 fully saturated rings. The number of aryl methyl sites for hydroxylation is 1. The van der Waals surface area contributed by atoms with Gasteiger partial charge in [0.05, 0.1) is 0 Å². The van der Waals surface area contributed by atoms with Gasteiger partial charge in [0.15, 0.2) is 0 Å². The van der Waals surface area contributed by atoms with Crippen molar-refractivity contribution in [2.45, 2.75) is 20.8 Å². The Kier molecular flexibility index (Phi) is 3.36. The average molecular weight is 248 g/mol. The van der Waals surface area contributed by atoms with E-state index in [9.17, 15) is 9.18 Å². The molecule has 0 bridgehead atoms. The van der Waals surface area contributed by atoms with Gasteiger partial charge in [-0.2, -0.15) is 0 Å². The number of amides is 1. The molecular formula is C14H17FN2O. The fourth-order valence-electron chi connectivity index (χ4n) is 2.18. The number of carbonyl (C=O) groups excluding carboxylic acids is 1. The Morgan fingerprint density at radius 2 is 2.00 bits per heavy atom. The summed E-state index contributed by atoms with van der Waals surface area (Å²) in [4.78, 5) is 17.1. The van der Waals surface area contributed by atoms with Crippen molar-refractivity contribution in [3.05, 3.63) is 35.3 Å². The molecule has 0 aliphatic heterocycles. The van der Waals surface area contributed by atoms with Crippen molar-refractivity contribution >= 4 is 16.8 Å². The standard InChI is InChI=1S/C14H17FN2O/c1-4-17(5-2)14(18)13-9(3)11-8-10(15)6-7-12(11)16-13/h6-8,16H,4-5H2,1-3H3.